The van der Waals surface area contributed by atoms with E-state index in [1.165, 1.54) is 30.4 Å². The van der Waals surface area contributed by atoms with Crippen molar-refractivity contribution in [1.82, 2.24) is 0 Å². The van der Waals surface area contributed by atoms with Gasteiger partial charge in [0.05, 0.1) is 0 Å². The topological polar surface area (TPSA) is 17.1 Å². The number of aldehydes is 1. The van der Waals surface area contributed by atoms with Crippen molar-refractivity contribution in [1.29, 1.82) is 0 Å². The molecule has 1 nitrogen and oxygen atoms in total. The van der Waals surface area contributed by atoms with Crippen LogP contribution < -0.4 is 0 Å². The predicted octanol–water partition coefficient (Wildman–Crippen LogP) is 4.67. The third-order valence-corrected chi connectivity index (χ3v) is 59.6. The Morgan fingerprint density at radius 2 is 1.43 bits per heavy atom. The summed E-state index contributed by atoms with van der Waals surface area (Å²) in [6.45, 7) is 1.08. The van der Waals surface area contributed by atoms with E-state index in [1.54, 1.807) is 11.8 Å². The third-order valence-electron chi connectivity index (χ3n) is 16.8. The molecule has 10 fully saturated rings. The molecule has 0 radical (unpaired) electrons. The minimum atomic E-state index is -3.46. The minimum absolute atomic E-state index is 0.409. The van der Waals surface area contributed by atoms with E-state index in [2.05, 4.69) is 32.0 Å². The first-order valence-electron chi connectivity index (χ1n) is 8.65. The molecular weight excluding hydrogens is 300 g/mol. The Hall–Kier alpha value is -0.591. The first-order valence-corrected chi connectivity index (χ1v) is 14.9. The SMILES string of the molecule is Cc1cc(C)cc([C]23[CH]4[CH]5[CH]6[CH]2[Fe]56432789[CH]3[CH]2[CH]7[C]8(C=O)[CH]39)c1. The van der Waals surface area contributed by atoms with E-state index >= 15 is 0 Å². The maximum atomic E-state index is 12.3. The fraction of sp³-hybridized carbons (Fsp3) is 0.632. The molecule has 8 unspecified atom stereocenters. The predicted molar refractivity (Wildman–Crippen MR) is 76.4 cm³/mol. The van der Waals surface area contributed by atoms with Gasteiger partial charge in [0, 0.05) is 0 Å². The molecule has 10 saturated heterocycles. The molecule has 108 valence electrons. The molecule has 1 spiro atoms. The summed E-state index contributed by atoms with van der Waals surface area (Å²) < 4.78 is 1.11. The molecule has 11 rings (SSSR count). The molecule has 10 aliphatic heterocycles. The van der Waals surface area contributed by atoms with Gasteiger partial charge in [0.1, 0.15) is 0 Å². The molecule has 0 bridgehead atoms. The Morgan fingerprint density at radius 1 is 0.905 bits per heavy atom. The molecule has 10 heterocycles. The van der Waals surface area contributed by atoms with Gasteiger partial charge >= 0.3 is 113 Å². The van der Waals surface area contributed by atoms with Gasteiger partial charge in [-0.1, -0.05) is 0 Å². The van der Waals surface area contributed by atoms with Crippen LogP contribution in [0.25, 0.3) is 0 Å². The van der Waals surface area contributed by atoms with Gasteiger partial charge in [-0.15, -0.1) is 0 Å². The number of aryl methyl sites for hydroxylation is 2. The Balaban J connectivity index is 1.50. The second kappa shape index (κ2) is 0.754. The van der Waals surface area contributed by atoms with Crippen molar-refractivity contribution in [3.63, 3.8) is 0 Å². The van der Waals surface area contributed by atoms with E-state index in [9.17, 15) is 4.79 Å². The number of fused-ring (bicyclic) bond motifs is 10. The zero-order valence-corrected chi connectivity index (χ0v) is 13.3. The van der Waals surface area contributed by atoms with Gasteiger partial charge in [0.2, 0.25) is 0 Å². The van der Waals surface area contributed by atoms with E-state index in [0.717, 1.165) is 19.3 Å². The van der Waals surface area contributed by atoms with Crippen LogP contribution in [-0.4, -0.2) is 6.29 Å². The summed E-state index contributed by atoms with van der Waals surface area (Å²) in [5, 5.41) is 0. The van der Waals surface area contributed by atoms with Crippen LogP contribution in [0.4, 0.5) is 0 Å². The third kappa shape index (κ3) is 0.0969. The van der Waals surface area contributed by atoms with Gasteiger partial charge in [-0.2, -0.15) is 0 Å². The fourth-order valence-electron chi connectivity index (χ4n) is 19.0. The maximum absolute atomic E-state index is 12.3. The number of rotatable bonds is 2. The summed E-state index contributed by atoms with van der Waals surface area (Å²) in [6, 6.07) is 7.43. The molecule has 0 N–H and O–H groups in total. The fourth-order valence-corrected chi connectivity index (χ4v) is 94.4. The van der Waals surface area contributed by atoms with Crippen LogP contribution in [0.1, 0.15) is 16.7 Å². The Labute approximate surface area is 113 Å². The molecule has 0 aromatic heterocycles. The molecular formula is C19H18FeO. The number of benzene rings is 1. The van der Waals surface area contributed by atoms with E-state index in [1.807, 2.05) is 0 Å². The van der Waals surface area contributed by atoms with Crippen molar-refractivity contribution in [2.24, 2.45) is 0 Å². The first kappa shape index (κ1) is 8.31. The summed E-state index contributed by atoms with van der Waals surface area (Å²) in [5.41, 5.74) is 4.68. The summed E-state index contributed by atoms with van der Waals surface area (Å²) in [7, 11) is 0. The molecule has 8 atom stereocenters. The van der Waals surface area contributed by atoms with Crippen LogP contribution in [0.15, 0.2) is 18.2 Å². The average molecular weight is 318 g/mol. The first-order chi connectivity index (χ1) is 9.89. The van der Waals surface area contributed by atoms with Gasteiger partial charge in [0.25, 0.3) is 0 Å². The van der Waals surface area contributed by atoms with Crippen LogP contribution in [0.3, 0.4) is 0 Å². The number of hydrogen-bond acceptors (Lipinski definition) is 1. The summed E-state index contributed by atoms with van der Waals surface area (Å²) in [4.78, 5) is 21.6. The van der Waals surface area contributed by atoms with Crippen molar-refractivity contribution < 1.29 is 11.3 Å². The molecule has 0 aliphatic carbocycles. The summed E-state index contributed by atoms with van der Waals surface area (Å²) >= 11 is 0. The van der Waals surface area contributed by atoms with Gasteiger partial charge in [0.15, 0.2) is 0 Å². The quantitative estimate of drug-likeness (QED) is 0.572. The van der Waals surface area contributed by atoms with Crippen molar-refractivity contribution >= 4 is 6.29 Å². The second-order valence-electron chi connectivity index (χ2n) is 12.3. The van der Waals surface area contributed by atoms with Gasteiger partial charge in [-0.05, 0) is 0 Å². The zero-order chi connectivity index (χ0) is 13.5. The second-order valence-corrected chi connectivity index (χ2v) is 35.6. The molecule has 10 aliphatic rings. The van der Waals surface area contributed by atoms with E-state index in [0.29, 0.717) is 8.63 Å². The summed E-state index contributed by atoms with van der Waals surface area (Å²) in [6.07, 6.45) is 1.60. The zero-order valence-electron chi connectivity index (χ0n) is 12.2. The Morgan fingerprint density at radius 3 is 1.81 bits per heavy atom. The average Bonchev–Trinajstić information content (AvgIpc) is 3.39. The number of hydrogen-bond donors (Lipinski definition) is 0. The van der Waals surface area contributed by atoms with Crippen LogP contribution in [0, 0.1) is 13.8 Å². The molecule has 21 heavy (non-hydrogen) atoms. The van der Waals surface area contributed by atoms with Gasteiger partial charge < -0.3 is 0 Å². The molecule has 0 amide bonds. The summed E-state index contributed by atoms with van der Waals surface area (Å²) in [5.74, 6) is 0. The Bertz CT molecular complexity index is 1310. The molecule has 1 aromatic carbocycles. The van der Waals surface area contributed by atoms with Crippen molar-refractivity contribution in [3.8, 4) is 0 Å². The van der Waals surface area contributed by atoms with Crippen LogP contribution in [0.2, 0.25) is 42.8 Å². The monoisotopic (exact) mass is 318 g/mol. The van der Waals surface area contributed by atoms with Crippen molar-refractivity contribution in [2.75, 3.05) is 0 Å². The number of carbonyl (C=O) groups is 1. The van der Waals surface area contributed by atoms with E-state index < -0.39 is 6.51 Å². The Kier molecular flexibility index (Phi) is 0.298. The number of carbonyl (C=O) groups excluding carboxylic acids is 1. The molecule has 1 aromatic rings. The normalized spacial score (nSPS) is 102. The standard InChI is InChI=1S/C13H13.C6H5O.Fe/c1-10-7-11(2)9-13(8-10)12-5-3-4-6-12;7-5-6-3-1-2-4-6;/h3-9H,1-2H3;1-5H;. The van der Waals surface area contributed by atoms with Crippen molar-refractivity contribution in [3.05, 3.63) is 34.9 Å². The van der Waals surface area contributed by atoms with Crippen LogP contribution in [0.5, 0.6) is 0 Å². The molecule has 2 heteroatoms. The van der Waals surface area contributed by atoms with Crippen molar-refractivity contribution in [2.45, 2.75) is 61.0 Å². The van der Waals surface area contributed by atoms with Crippen LogP contribution in [-0.2, 0) is 15.6 Å². The van der Waals surface area contributed by atoms with E-state index in [4.69, 9.17) is 0 Å². The molecule has 0 saturated carbocycles. The van der Waals surface area contributed by atoms with E-state index in [-0.39, 0.29) is 0 Å². The van der Waals surface area contributed by atoms with Gasteiger partial charge in [-0.3, -0.25) is 0 Å². The van der Waals surface area contributed by atoms with Gasteiger partial charge in [-0.25, -0.2) is 0 Å². The van der Waals surface area contributed by atoms with Crippen LogP contribution >= 0.6 is 0 Å².